The van der Waals surface area contributed by atoms with Crippen molar-refractivity contribution in [1.82, 2.24) is 14.8 Å². The average Bonchev–Trinajstić information content (AvgIpc) is 3.25. The van der Waals surface area contributed by atoms with Gasteiger partial charge in [-0.3, -0.25) is 4.79 Å². The fourth-order valence-corrected chi connectivity index (χ4v) is 4.75. The van der Waals surface area contributed by atoms with Gasteiger partial charge < -0.3 is 5.11 Å². The van der Waals surface area contributed by atoms with Crippen LogP contribution in [0.4, 0.5) is 0 Å². The summed E-state index contributed by atoms with van der Waals surface area (Å²) in [4.78, 5) is 29.2. The number of hydrogen-bond donors (Lipinski definition) is 1. The van der Waals surface area contributed by atoms with Crippen LogP contribution in [-0.2, 0) is 12.0 Å². The summed E-state index contributed by atoms with van der Waals surface area (Å²) in [5.74, 6) is 0.661. The number of Topliss-reactive ketones (excluding diaryl/α,β-unsaturated/α-hetero) is 1. The molecule has 0 aliphatic heterocycles. The van der Waals surface area contributed by atoms with E-state index in [1.807, 2.05) is 41.1 Å². The lowest BCUT2D eigenvalue weighted by atomic mass is 9.86. The second kappa shape index (κ2) is 9.92. The van der Waals surface area contributed by atoms with Gasteiger partial charge in [0.25, 0.3) is 0 Å². The van der Waals surface area contributed by atoms with Crippen LogP contribution in [0.5, 0.6) is 0 Å². The number of aromatic carboxylic acids is 1. The van der Waals surface area contributed by atoms with Gasteiger partial charge in [-0.25, -0.2) is 14.5 Å². The molecule has 1 aromatic heterocycles. The summed E-state index contributed by atoms with van der Waals surface area (Å²) in [6, 6.07) is 14.8. The second-order valence-corrected chi connectivity index (χ2v) is 10.3. The zero-order valence-electron chi connectivity index (χ0n) is 20.3. The fraction of sp³-hybridized carbons (Fsp3) is 0.429. The van der Waals surface area contributed by atoms with Crippen molar-refractivity contribution in [2.24, 2.45) is 5.92 Å². The topological polar surface area (TPSA) is 85.1 Å². The molecule has 6 nitrogen and oxygen atoms in total. The van der Waals surface area contributed by atoms with Crippen molar-refractivity contribution < 1.29 is 14.7 Å². The summed E-state index contributed by atoms with van der Waals surface area (Å²) < 4.78 is 1.84. The molecule has 3 aromatic rings. The Labute approximate surface area is 201 Å². The first-order valence-corrected chi connectivity index (χ1v) is 12.1. The van der Waals surface area contributed by atoms with E-state index in [0.717, 1.165) is 29.8 Å². The molecule has 0 unspecified atom stereocenters. The zero-order valence-corrected chi connectivity index (χ0v) is 20.3. The van der Waals surface area contributed by atoms with Crippen LogP contribution in [0.3, 0.4) is 0 Å². The third-order valence-electron chi connectivity index (χ3n) is 6.55. The highest BCUT2D eigenvalue weighted by atomic mass is 16.4. The molecule has 0 amide bonds. The maximum atomic E-state index is 13.0. The van der Waals surface area contributed by atoms with Crippen molar-refractivity contribution in [3.63, 3.8) is 0 Å². The molecule has 1 fully saturated rings. The Morgan fingerprint density at radius 2 is 1.68 bits per heavy atom. The summed E-state index contributed by atoms with van der Waals surface area (Å²) in [5, 5.41) is 14.1. The molecule has 34 heavy (non-hydrogen) atoms. The molecular weight excluding hydrogens is 426 g/mol. The monoisotopic (exact) mass is 459 g/mol. The summed E-state index contributed by atoms with van der Waals surface area (Å²) in [6.07, 6.45) is 6.46. The zero-order chi connectivity index (χ0) is 24.3. The Bertz CT molecular complexity index is 1170. The molecule has 0 bridgehead atoms. The number of carbonyl (C=O) groups excluding carboxylic acids is 1. The molecule has 0 radical (unpaired) electrons. The van der Waals surface area contributed by atoms with Gasteiger partial charge in [-0.1, -0.05) is 95.3 Å². The van der Waals surface area contributed by atoms with Gasteiger partial charge in [0, 0.05) is 11.8 Å². The Balaban J connectivity index is 1.56. The Kier molecular flexibility index (Phi) is 6.96. The molecule has 2 aromatic carbocycles. The van der Waals surface area contributed by atoms with Crippen molar-refractivity contribution in [2.75, 3.05) is 0 Å². The fourth-order valence-electron chi connectivity index (χ4n) is 4.75. The van der Waals surface area contributed by atoms with Crippen LogP contribution >= 0.6 is 0 Å². The molecule has 0 atom stereocenters. The summed E-state index contributed by atoms with van der Waals surface area (Å²) in [7, 11) is 0. The molecule has 0 saturated heterocycles. The lowest BCUT2D eigenvalue weighted by Crippen LogP contribution is -2.20. The second-order valence-electron chi connectivity index (χ2n) is 10.3. The van der Waals surface area contributed by atoms with Crippen LogP contribution in [0, 0.1) is 5.92 Å². The smallest absolute Gasteiger partial charge is 0.336 e. The third-order valence-corrected chi connectivity index (χ3v) is 6.55. The van der Waals surface area contributed by atoms with E-state index in [2.05, 4.69) is 30.9 Å². The predicted octanol–water partition coefficient (Wildman–Crippen LogP) is 6.14. The molecule has 1 aliphatic carbocycles. The molecule has 6 heteroatoms. The van der Waals surface area contributed by atoms with Gasteiger partial charge in [0.1, 0.15) is 5.82 Å². The largest absolute Gasteiger partial charge is 0.478 e. The summed E-state index contributed by atoms with van der Waals surface area (Å²) in [5.41, 5.74) is 2.57. The van der Waals surface area contributed by atoms with Crippen molar-refractivity contribution in [2.45, 2.75) is 71.3 Å². The number of benzene rings is 2. The van der Waals surface area contributed by atoms with Gasteiger partial charge in [-0.2, -0.15) is 0 Å². The van der Waals surface area contributed by atoms with Crippen molar-refractivity contribution in [1.29, 1.82) is 0 Å². The number of aromatic nitrogens is 3. The Morgan fingerprint density at radius 3 is 2.32 bits per heavy atom. The number of carboxylic acids is 1. The van der Waals surface area contributed by atoms with E-state index < -0.39 is 5.97 Å². The normalized spacial score (nSPS) is 14.8. The maximum absolute atomic E-state index is 13.0. The molecule has 1 heterocycles. The minimum Gasteiger partial charge on any atom is -0.478 e. The van der Waals surface area contributed by atoms with Gasteiger partial charge in [-0.05, 0) is 28.7 Å². The Hall–Kier alpha value is -3.28. The molecule has 0 spiro atoms. The lowest BCUT2D eigenvalue weighted by Gasteiger charge is -2.19. The molecule has 1 N–H and O–H groups in total. The van der Waals surface area contributed by atoms with Gasteiger partial charge in [0.15, 0.2) is 0 Å². The van der Waals surface area contributed by atoms with E-state index in [4.69, 9.17) is 0 Å². The van der Waals surface area contributed by atoms with Crippen LogP contribution in [0.15, 0.2) is 48.5 Å². The quantitative estimate of drug-likeness (QED) is 0.429. The highest BCUT2D eigenvalue weighted by molar-refractivity contribution is 5.96. The standard InChI is InChI=1S/C28H33N3O3/c1-28(2,3)27-29-25(24(32)17-19-9-5-4-6-10-19)30-31(27)18-20-13-15-21(16-14-20)22-11-7-8-12-23(22)26(33)34/h7-8,11-16,19H,4-6,9-10,17-18H2,1-3H3,(H,33,34). The van der Waals surface area contributed by atoms with Crippen LogP contribution in [0.1, 0.15) is 91.7 Å². The van der Waals surface area contributed by atoms with Crippen LogP contribution in [-0.4, -0.2) is 31.6 Å². The van der Waals surface area contributed by atoms with Crippen LogP contribution < -0.4 is 0 Å². The van der Waals surface area contributed by atoms with E-state index >= 15 is 0 Å². The van der Waals surface area contributed by atoms with Gasteiger partial charge >= 0.3 is 5.97 Å². The van der Waals surface area contributed by atoms with Crippen molar-refractivity contribution >= 4 is 11.8 Å². The predicted molar refractivity (Wildman–Crippen MR) is 132 cm³/mol. The average molecular weight is 460 g/mol. The minimum absolute atomic E-state index is 0.0387. The maximum Gasteiger partial charge on any atom is 0.336 e. The van der Waals surface area contributed by atoms with Crippen LogP contribution in [0.2, 0.25) is 0 Å². The first-order valence-electron chi connectivity index (χ1n) is 12.1. The first kappa shape index (κ1) is 23.9. The molecular formula is C28H33N3O3. The highest BCUT2D eigenvalue weighted by Crippen LogP contribution is 2.29. The number of nitrogens with zero attached hydrogens (tertiary/aromatic N) is 3. The third kappa shape index (κ3) is 5.44. The summed E-state index contributed by atoms with van der Waals surface area (Å²) >= 11 is 0. The molecule has 1 saturated carbocycles. The number of carboxylic acid groups (broad SMARTS) is 1. The van der Waals surface area contributed by atoms with E-state index in [0.29, 0.717) is 30.3 Å². The van der Waals surface area contributed by atoms with Crippen LogP contribution in [0.25, 0.3) is 11.1 Å². The number of rotatable bonds is 7. The van der Waals surface area contributed by atoms with E-state index in [1.165, 1.54) is 19.3 Å². The lowest BCUT2D eigenvalue weighted by molar-refractivity contribution is 0.0697. The molecule has 178 valence electrons. The number of carbonyl (C=O) groups is 2. The first-order chi connectivity index (χ1) is 16.2. The van der Waals surface area contributed by atoms with Gasteiger partial charge in [-0.15, -0.1) is 5.10 Å². The van der Waals surface area contributed by atoms with Crippen molar-refractivity contribution in [3.8, 4) is 11.1 Å². The number of hydrogen-bond acceptors (Lipinski definition) is 4. The SMILES string of the molecule is CC(C)(C)c1nc(C(=O)CC2CCCCC2)nn1Cc1ccc(-c2ccccc2C(=O)O)cc1. The molecule has 4 rings (SSSR count). The Morgan fingerprint density at radius 1 is 1.00 bits per heavy atom. The van der Waals surface area contributed by atoms with Gasteiger partial charge in [0.2, 0.25) is 11.6 Å². The van der Waals surface area contributed by atoms with Crippen molar-refractivity contribution in [3.05, 3.63) is 71.3 Å². The molecule has 1 aliphatic rings. The van der Waals surface area contributed by atoms with Gasteiger partial charge in [0.05, 0.1) is 12.1 Å². The van der Waals surface area contributed by atoms with E-state index in [-0.39, 0.29) is 16.8 Å². The highest BCUT2D eigenvalue weighted by Gasteiger charge is 2.27. The van der Waals surface area contributed by atoms with E-state index in [9.17, 15) is 14.7 Å². The minimum atomic E-state index is -0.942. The summed E-state index contributed by atoms with van der Waals surface area (Å²) in [6.45, 7) is 6.73. The van der Waals surface area contributed by atoms with E-state index in [1.54, 1.807) is 12.1 Å². The number of ketones is 1.